The van der Waals surface area contributed by atoms with Gasteiger partial charge in [-0.25, -0.2) is 0 Å². The molecule has 0 spiro atoms. The van der Waals surface area contributed by atoms with Crippen molar-refractivity contribution in [2.75, 3.05) is 0 Å². The van der Waals surface area contributed by atoms with Gasteiger partial charge in [-0.3, -0.25) is 0 Å². The number of rotatable bonds is 3. The average Bonchev–Trinajstić information content (AvgIpc) is 2.51. The third-order valence-electron chi connectivity index (χ3n) is 3.88. The molecule has 104 valence electrons. The Morgan fingerprint density at radius 3 is 2.30 bits per heavy atom. The van der Waals surface area contributed by atoms with Gasteiger partial charge in [-0.15, -0.1) is 0 Å². The molecular formula is C18H19ClO. The molecule has 3 rings (SSSR count). The van der Waals surface area contributed by atoms with Crippen LogP contribution in [0.3, 0.4) is 0 Å². The Bertz CT molecular complexity index is 559. The normalized spacial score (nSPS) is 16.1. The Kier molecular flexibility index (Phi) is 4.27. The fourth-order valence-electron chi connectivity index (χ4n) is 2.77. The van der Waals surface area contributed by atoms with Crippen molar-refractivity contribution in [1.29, 1.82) is 0 Å². The van der Waals surface area contributed by atoms with E-state index in [1.165, 1.54) is 24.8 Å². The van der Waals surface area contributed by atoms with Gasteiger partial charge < -0.3 is 4.74 Å². The van der Waals surface area contributed by atoms with Crippen molar-refractivity contribution in [3.63, 3.8) is 0 Å². The first-order chi connectivity index (χ1) is 9.83. The molecule has 0 amide bonds. The van der Waals surface area contributed by atoms with E-state index in [0.29, 0.717) is 11.1 Å². The molecule has 1 fully saturated rings. The van der Waals surface area contributed by atoms with Crippen LogP contribution in [-0.4, -0.2) is 6.10 Å². The zero-order valence-electron chi connectivity index (χ0n) is 11.5. The van der Waals surface area contributed by atoms with Gasteiger partial charge in [0, 0.05) is 0 Å². The minimum absolute atomic E-state index is 0.337. The van der Waals surface area contributed by atoms with E-state index >= 15 is 0 Å². The summed E-state index contributed by atoms with van der Waals surface area (Å²) in [5.74, 6) is 0.818. The van der Waals surface area contributed by atoms with Crippen LogP contribution in [-0.2, 0) is 0 Å². The van der Waals surface area contributed by atoms with Crippen LogP contribution in [0.1, 0.15) is 32.1 Å². The fraction of sp³-hybridized carbons (Fsp3) is 0.333. The lowest BCUT2D eigenvalue weighted by Crippen LogP contribution is -2.19. The van der Waals surface area contributed by atoms with Gasteiger partial charge in [0.15, 0.2) is 0 Å². The minimum Gasteiger partial charge on any atom is -0.489 e. The Morgan fingerprint density at radius 2 is 1.60 bits per heavy atom. The maximum Gasteiger partial charge on any atom is 0.138 e. The Hall–Kier alpha value is -1.47. The highest BCUT2D eigenvalue weighted by molar-refractivity contribution is 6.32. The zero-order valence-corrected chi connectivity index (χ0v) is 12.3. The molecule has 0 aliphatic heterocycles. The quantitative estimate of drug-likeness (QED) is 0.701. The molecule has 0 aromatic heterocycles. The van der Waals surface area contributed by atoms with E-state index in [0.717, 1.165) is 24.2 Å². The second-order valence-corrected chi connectivity index (χ2v) is 5.80. The number of hydrogen-bond donors (Lipinski definition) is 0. The lowest BCUT2D eigenvalue weighted by Gasteiger charge is -2.23. The average molecular weight is 287 g/mol. The fourth-order valence-corrected chi connectivity index (χ4v) is 2.99. The van der Waals surface area contributed by atoms with Crippen molar-refractivity contribution in [1.82, 2.24) is 0 Å². The number of hydrogen-bond acceptors (Lipinski definition) is 1. The van der Waals surface area contributed by atoms with Gasteiger partial charge >= 0.3 is 0 Å². The maximum atomic E-state index is 6.37. The topological polar surface area (TPSA) is 9.23 Å². The van der Waals surface area contributed by atoms with E-state index < -0.39 is 0 Å². The number of halogens is 1. The molecule has 1 aliphatic carbocycles. The molecule has 0 heterocycles. The van der Waals surface area contributed by atoms with Crippen LogP contribution in [0.2, 0.25) is 5.02 Å². The SMILES string of the molecule is Clc1cc(-c2ccccc2)ccc1OC1CCCCC1. The highest BCUT2D eigenvalue weighted by atomic mass is 35.5. The van der Waals surface area contributed by atoms with Crippen LogP contribution in [0.15, 0.2) is 48.5 Å². The molecule has 0 saturated heterocycles. The van der Waals surface area contributed by atoms with Crippen molar-refractivity contribution in [2.24, 2.45) is 0 Å². The Labute approximate surface area is 125 Å². The van der Waals surface area contributed by atoms with E-state index in [1.807, 2.05) is 30.3 Å². The molecule has 1 nitrogen and oxygen atoms in total. The van der Waals surface area contributed by atoms with E-state index in [2.05, 4.69) is 18.2 Å². The molecule has 20 heavy (non-hydrogen) atoms. The summed E-state index contributed by atoms with van der Waals surface area (Å²) in [6.45, 7) is 0. The predicted octanol–water partition coefficient (Wildman–Crippen LogP) is 5.72. The molecule has 0 unspecified atom stereocenters. The summed E-state index contributed by atoms with van der Waals surface area (Å²) in [7, 11) is 0. The second kappa shape index (κ2) is 6.32. The van der Waals surface area contributed by atoms with Crippen LogP contribution >= 0.6 is 11.6 Å². The lowest BCUT2D eigenvalue weighted by molar-refractivity contribution is 0.155. The largest absolute Gasteiger partial charge is 0.489 e. The Morgan fingerprint density at radius 1 is 0.850 bits per heavy atom. The molecule has 2 aromatic rings. The van der Waals surface area contributed by atoms with Crippen molar-refractivity contribution in [2.45, 2.75) is 38.2 Å². The first kappa shape index (κ1) is 13.5. The molecular weight excluding hydrogens is 268 g/mol. The summed E-state index contributed by atoms with van der Waals surface area (Å²) in [4.78, 5) is 0. The van der Waals surface area contributed by atoms with Gasteiger partial charge in [0.05, 0.1) is 11.1 Å². The standard InChI is InChI=1S/C18H19ClO/c19-17-13-15(14-7-3-1-4-8-14)11-12-18(17)20-16-9-5-2-6-10-16/h1,3-4,7-8,11-13,16H,2,5-6,9-10H2. The first-order valence-corrected chi connectivity index (χ1v) is 7.72. The molecule has 0 bridgehead atoms. The van der Waals surface area contributed by atoms with Crippen LogP contribution in [0.4, 0.5) is 0 Å². The monoisotopic (exact) mass is 286 g/mol. The minimum atomic E-state index is 0.337. The van der Waals surface area contributed by atoms with Gasteiger partial charge in [0.25, 0.3) is 0 Å². The van der Waals surface area contributed by atoms with Crippen LogP contribution in [0, 0.1) is 0 Å². The smallest absolute Gasteiger partial charge is 0.138 e. The van der Waals surface area contributed by atoms with E-state index in [1.54, 1.807) is 0 Å². The van der Waals surface area contributed by atoms with Gasteiger partial charge in [-0.1, -0.05) is 54.4 Å². The van der Waals surface area contributed by atoms with Gasteiger partial charge in [-0.2, -0.15) is 0 Å². The predicted molar refractivity (Wildman–Crippen MR) is 84.4 cm³/mol. The second-order valence-electron chi connectivity index (χ2n) is 5.39. The van der Waals surface area contributed by atoms with Crippen LogP contribution in [0.5, 0.6) is 5.75 Å². The van der Waals surface area contributed by atoms with Crippen molar-refractivity contribution >= 4 is 11.6 Å². The highest BCUT2D eigenvalue weighted by Crippen LogP contribution is 2.32. The van der Waals surface area contributed by atoms with Crippen molar-refractivity contribution < 1.29 is 4.74 Å². The molecule has 0 N–H and O–H groups in total. The van der Waals surface area contributed by atoms with Crippen LogP contribution < -0.4 is 4.74 Å². The van der Waals surface area contributed by atoms with Crippen molar-refractivity contribution in [3.8, 4) is 16.9 Å². The molecule has 1 aliphatic rings. The number of ether oxygens (including phenoxy) is 1. The highest BCUT2D eigenvalue weighted by Gasteiger charge is 2.16. The summed E-state index contributed by atoms with van der Waals surface area (Å²) in [6.07, 6.45) is 6.51. The summed E-state index contributed by atoms with van der Waals surface area (Å²) in [6, 6.07) is 16.4. The third kappa shape index (κ3) is 3.16. The van der Waals surface area contributed by atoms with E-state index in [4.69, 9.17) is 16.3 Å². The van der Waals surface area contributed by atoms with E-state index in [-0.39, 0.29) is 0 Å². The molecule has 2 aromatic carbocycles. The van der Waals surface area contributed by atoms with Gasteiger partial charge in [-0.05, 0) is 48.9 Å². The molecule has 0 atom stereocenters. The summed E-state index contributed by atoms with van der Waals surface area (Å²) >= 11 is 6.37. The molecule has 0 radical (unpaired) electrons. The molecule has 1 saturated carbocycles. The summed E-state index contributed by atoms with van der Waals surface area (Å²) in [5.41, 5.74) is 2.31. The summed E-state index contributed by atoms with van der Waals surface area (Å²) < 4.78 is 6.04. The lowest BCUT2D eigenvalue weighted by atomic mass is 9.98. The summed E-state index contributed by atoms with van der Waals surface area (Å²) in [5, 5.41) is 0.705. The zero-order chi connectivity index (χ0) is 13.8. The Balaban J connectivity index is 1.77. The van der Waals surface area contributed by atoms with E-state index in [9.17, 15) is 0 Å². The van der Waals surface area contributed by atoms with Gasteiger partial charge in [0.1, 0.15) is 5.75 Å². The van der Waals surface area contributed by atoms with Crippen LogP contribution in [0.25, 0.3) is 11.1 Å². The van der Waals surface area contributed by atoms with Crippen molar-refractivity contribution in [3.05, 3.63) is 53.6 Å². The van der Waals surface area contributed by atoms with Gasteiger partial charge in [0.2, 0.25) is 0 Å². The maximum absolute atomic E-state index is 6.37. The third-order valence-corrected chi connectivity index (χ3v) is 4.18. The first-order valence-electron chi connectivity index (χ1n) is 7.34. The molecule has 2 heteroatoms. The number of benzene rings is 2.